The number of hydrogen-bond acceptors (Lipinski definition) is 7. The molecule has 11 heteroatoms. The van der Waals surface area contributed by atoms with Crippen molar-refractivity contribution >= 4 is 11.8 Å². The first-order valence-corrected chi connectivity index (χ1v) is 13.5. The zero-order chi connectivity index (χ0) is 26.9. The molecule has 39 heavy (non-hydrogen) atoms. The fourth-order valence-electron chi connectivity index (χ4n) is 5.71. The summed E-state index contributed by atoms with van der Waals surface area (Å²) < 4.78 is 32.7. The summed E-state index contributed by atoms with van der Waals surface area (Å²) in [5.74, 6) is -1.13. The second-order valence-corrected chi connectivity index (χ2v) is 10.7. The van der Waals surface area contributed by atoms with Crippen molar-refractivity contribution in [3.05, 3.63) is 65.9 Å². The Morgan fingerprint density at radius 3 is 2.64 bits per heavy atom. The molecular formula is C28H30F2N6O3. The first-order valence-electron chi connectivity index (χ1n) is 13.5. The van der Waals surface area contributed by atoms with Crippen molar-refractivity contribution in [3.8, 4) is 11.3 Å². The number of halogens is 2. The van der Waals surface area contributed by atoms with Gasteiger partial charge in [-0.3, -0.25) is 9.59 Å². The Morgan fingerprint density at radius 1 is 1.05 bits per heavy atom. The summed E-state index contributed by atoms with van der Waals surface area (Å²) in [6.45, 7) is 2.92. The highest BCUT2D eigenvalue weighted by molar-refractivity contribution is 5.94. The van der Waals surface area contributed by atoms with Crippen LogP contribution in [0.25, 0.3) is 11.3 Å². The highest BCUT2D eigenvalue weighted by Gasteiger charge is 2.42. The first kappa shape index (κ1) is 25.5. The fraction of sp³-hybridized carbons (Fsp3) is 0.464. The molecule has 2 aromatic heterocycles. The molecule has 0 radical (unpaired) electrons. The predicted molar refractivity (Wildman–Crippen MR) is 136 cm³/mol. The summed E-state index contributed by atoms with van der Waals surface area (Å²) in [5, 5.41) is 6.82. The van der Waals surface area contributed by atoms with Gasteiger partial charge in [0.05, 0.1) is 17.5 Å². The average Bonchev–Trinajstić information content (AvgIpc) is 3.40. The molecule has 3 aromatic rings. The molecule has 0 spiro atoms. The monoisotopic (exact) mass is 536 g/mol. The number of carbonyl (C=O) groups excluding carboxylic acids is 2. The summed E-state index contributed by atoms with van der Waals surface area (Å²) in [4.78, 5) is 40.2. The van der Waals surface area contributed by atoms with Crippen molar-refractivity contribution in [2.75, 3.05) is 26.2 Å². The predicted octanol–water partition coefficient (Wildman–Crippen LogP) is 3.60. The van der Waals surface area contributed by atoms with Gasteiger partial charge < -0.3 is 19.6 Å². The van der Waals surface area contributed by atoms with E-state index < -0.39 is 29.5 Å². The number of piperidine rings is 1. The van der Waals surface area contributed by atoms with E-state index in [1.165, 1.54) is 25.0 Å². The van der Waals surface area contributed by atoms with Crippen LogP contribution in [-0.4, -0.2) is 69.0 Å². The van der Waals surface area contributed by atoms with Crippen molar-refractivity contribution in [3.63, 3.8) is 0 Å². The number of rotatable bonds is 7. The van der Waals surface area contributed by atoms with E-state index in [9.17, 15) is 18.4 Å². The SMILES string of the molecule is O=C(N[C@H]1CCN(CC2CC2)C[C@@H]1C(=O)N1CCC[C@H]1c1ncccn1)c1cc(-c2ccc(F)cc2F)on1. The molecule has 3 aliphatic rings. The van der Waals surface area contributed by atoms with Crippen LogP contribution >= 0.6 is 0 Å². The lowest BCUT2D eigenvalue weighted by Crippen LogP contribution is -2.56. The zero-order valence-electron chi connectivity index (χ0n) is 21.4. The minimum atomic E-state index is -0.811. The smallest absolute Gasteiger partial charge is 0.273 e. The van der Waals surface area contributed by atoms with Crippen LogP contribution in [0, 0.1) is 23.5 Å². The van der Waals surface area contributed by atoms with Crippen LogP contribution in [0.1, 0.15) is 54.5 Å². The molecule has 3 fully saturated rings. The Balaban J connectivity index is 1.20. The van der Waals surface area contributed by atoms with Gasteiger partial charge in [-0.05, 0) is 56.2 Å². The third-order valence-corrected chi connectivity index (χ3v) is 7.90. The number of nitrogens with one attached hydrogen (secondary N) is 1. The van der Waals surface area contributed by atoms with E-state index in [-0.39, 0.29) is 29.0 Å². The maximum Gasteiger partial charge on any atom is 0.273 e. The van der Waals surface area contributed by atoms with Crippen LogP contribution in [0.5, 0.6) is 0 Å². The summed E-state index contributed by atoms with van der Waals surface area (Å²) in [7, 11) is 0. The van der Waals surface area contributed by atoms with Crippen LogP contribution in [0.2, 0.25) is 0 Å². The van der Waals surface area contributed by atoms with Gasteiger partial charge in [0.2, 0.25) is 5.91 Å². The molecule has 0 bridgehead atoms. The Hall–Kier alpha value is -3.73. The molecule has 1 aromatic carbocycles. The molecule has 0 unspecified atom stereocenters. The second kappa shape index (κ2) is 10.8. The molecule has 1 N–H and O–H groups in total. The maximum atomic E-state index is 14.2. The van der Waals surface area contributed by atoms with Gasteiger partial charge in [0, 0.05) is 56.7 Å². The molecule has 2 aliphatic heterocycles. The van der Waals surface area contributed by atoms with Crippen molar-refractivity contribution in [2.24, 2.45) is 11.8 Å². The molecule has 3 atom stereocenters. The van der Waals surface area contributed by atoms with Crippen LogP contribution in [0.3, 0.4) is 0 Å². The van der Waals surface area contributed by atoms with E-state index in [1.54, 1.807) is 18.5 Å². The highest BCUT2D eigenvalue weighted by atomic mass is 19.1. The lowest BCUT2D eigenvalue weighted by molar-refractivity contribution is -0.139. The number of carbonyl (C=O) groups is 2. The van der Waals surface area contributed by atoms with E-state index in [1.807, 2.05) is 4.90 Å². The Kier molecular flexibility index (Phi) is 7.07. The number of likely N-dealkylation sites (tertiary alicyclic amines) is 2. The Bertz CT molecular complexity index is 1350. The minimum absolute atomic E-state index is 0.00703. The molecule has 6 rings (SSSR count). The van der Waals surface area contributed by atoms with E-state index in [0.717, 1.165) is 38.1 Å². The largest absolute Gasteiger partial charge is 0.355 e. The van der Waals surface area contributed by atoms with E-state index in [4.69, 9.17) is 4.52 Å². The van der Waals surface area contributed by atoms with Crippen LogP contribution in [-0.2, 0) is 4.79 Å². The molecule has 204 valence electrons. The third-order valence-electron chi connectivity index (χ3n) is 7.90. The standard InChI is InChI=1S/C28H30F2N6O3/c29-18-6-7-19(21(30)13-18)25-14-23(34-39-25)27(37)33-22-8-12-35(15-17-4-5-17)16-20(22)28(38)36-11-1-3-24(36)26-31-9-2-10-32-26/h2,6-7,9-10,13-14,17,20,22,24H,1,3-5,8,11-12,15-16H2,(H,33,37)/t20-,22-,24-/m0/s1. The van der Waals surface area contributed by atoms with Crippen molar-refractivity contribution in [2.45, 2.75) is 44.2 Å². The second-order valence-electron chi connectivity index (χ2n) is 10.7. The van der Waals surface area contributed by atoms with Crippen LogP contribution < -0.4 is 5.32 Å². The van der Waals surface area contributed by atoms with E-state index >= 15 is 0 Å². The molecular weight excluding hydrogens is 506 g/mol. The van der Waals surface area contributed by atoms with Gasteiger partial charge in [-0.25, -0.2) is 18.7 Å². The minimum Gasteiger partial charge on any atom is -0.355 e. The zero-order valence-corrected chi connectivity index (χ0v) is 21.4. The Morgan fingerprint density at radius 2 is 1.87 bits per heavy atom. The van der Waals surface area contributed by atoms with Gasteiger partial charge in [-0.15, -0.1) is 0 Å². The third kappa shape index (κ3) is 5.54. The maximum absolute atomic E-state index is 14.2. The summed E-state index contributed by atoms with van der Waals surface area (Å²) >= 11 is 0. The summed E-state index contributed by atoms with van der Waals surface area (Å²) in [6.07, 6.45) is 8.10. The molecule has 2 amide bonds. The molecule has 1 aliphatic carbocycles. The number of amides is 2. The first-order chi connectivity index (χ1) is 19.0. The van der Waals surface area contributed by atoms with Gasteiger partial charge >= 0.3 is 0 Å². The van der Waals surface area contributed by atoms with E-state index in [0.29, 0.717) is 31.3 Å². The Labute approximate surface area is 224 Å². The van der Waals surface area contributed by atoms with Crippen molar-refractivity contribution < 1.29 is 22.9 Å². The normalized spacial score (nSPS) is 23.6. The van der Waals surface area contributed by atoms with E-state index in [2.05, 4.69) is 25.3 Å². The molecule has 9 nitrogen and oxygen atoms in total. The number of hydrogen-bond donors (Lipinski definition) is 1. The average molecular weight is 537 g/mol. The molecule has 2 saturated heterocycles. The van der Waals surface area contributed by atoms with Crippen molar-refractivity contribution in [1.82, 2.24) is 30.2 Å². The van der Waals surface area contributed by atoms with Crippen LogP contribution in [0.4, 0.5) is 8.78 Å². The van der Waals surface area contributed by atoms with Gasteiger partial charge in [-0.1, -0.05) is 5.16 Å². The van der Waals surface area contributed by atoms with Gasteiger partial charge in [0.1, 0.15) is 11.6 Å². The molecule has 1 saturated carbocycles. The lowest BCUT2D eigenvalue weighted by Gasteiger charge is -2.40. The summed E-state index contributed by atoms with van der Waals surface area (Å²) in [6, 6.07) is 5.59. The highest BCUT2D eigenvalue weighted by Crippen LogP contribution is 2.35. The van der Waals surface area contributed by atoms with Gasteiger partial charge in [-0.2, -0.15) is 0 Å². The topological polar surface area (TPSA) is 104 Å². The van der Waals surface area contributed by atoms with Gasteiger partial charge in [0.25, 0.3) is 5.91 Å². The number of aromatic nitrogens is 3. The lowest BCUT2D eigenvalue weighted by atomic mass is 9.90. The number of nitrogens with zero attached hydrogens (tertiary/aromatic N) is 5. The fourth-order valence-corrected chi connectivity index (χ4v) is 5.71. The van der Waals surface area contributed by atoms with Crippen molar-refractivity contribution in [1.29, 1.82) is 0 Å². The molecule has 4 heterocycles. The van der Waals surface area contributed by atoms with Crippen LogP contribution in [0.15, 0.2) is 47.2 Å². The number of benzene rings is 1. The quantitative estimate of drug-likeness (QED) is 0.492. The van der Waals surface area contributed by atoms with Gasteiger partial charge in [0.15, 0.2) is 17.3 Å². The summed E-state index contributed by atoms with van der Waals surface area (Å²) in [5.41, 5.74) is -0.0235.